The minimum Gasteiger partial charge on any atom is -0.374 e. The lowest BCUT2D eigenvalue weighted by Crippen LogP contribution is -2.52. The van der Waals surface area contributed by atoms with Crippen LogP contribution in [0.4, 0.5) is 0 Å². The highest BCUT2D eigenvalue weighted by atomic mass is 16.6. The molecule has 3 aliphatic rings. The highest BCUT2D eigenvalue weighted by molar-refractivity contribution is 4.78. The van der Waals surface area contributed by atoms with Gasteiger partial charge < -0.3 is 28.4 Å². The summed E-state index contributed by atoms with van der Waals surface area (Å²) in [6.07, 6.45) is 0.607. The highest BCUT2D eigenvalue weighted by Gasteiger charge is 2.34. The van der Waals surface area contributed by atoms with Gasteiger partial charge in [0.1, 0.15) is 18.3 Å². The number of rotatable bonds is 11. The average Bonchev–Trinajstić information content (AvgIpc) is 3.25. The largest absolute Gasteiger partial charge is 0.374 e. The molecule has 0 bridgehead atoms. The maximum absolute atomic E-state index is 6.18. The molecule has 3 heterocycles. The maximum atomic E-state index is 6.18. The van der Waals surface area contributed by atoms with Crippen molar-refractivity contribution in [2.75, 3.05) is 52.9 Å². The van der Waals surface area contributed by atoms with Crippen LogP contribution in [0, 0.1) is 0 Å². The number of hydrogen-bond acceptors (Lipinski definition) is 7. The van der Waals surface area contributed by atoms with Gasteiger partial charge >= 0.3 is 0 Å². The summed E-state index contributed by atoms with van der Waals surface area (Å²) in [6.45, 7) is 4.42. The molecule has 2 N–H and O–H groups in total. The summed E-state index contributed by atoms with van der Waals surface area (Å²) >= 11 is 0. The molecule has 19 heavy (non-hydrogen) atoms. The third-order valence-electron chi connectivity index (χ3n) is 3.06. The Labute approximate surface area is 112 Å². The summed E-state index contributed by atoms with van der Waals surface area (Å²) < 4.78 is 32.0. The summed E-state index contributed by atoms with van der Waals surface area (Å²) in [5.41, 5.74) is 5.24. The quantitative estimate of drug-likeness (QED) is 0.377. The molecule has 0 aromatic carbocycles. The second-order valence-corrected chi connectivity index (χ2v) is 5.27. The molecule has 0 saturated carbocycles. The van der Waals surface area contributed by atoms with Gasteiger partial charge in [-0.3, -0.25) is 5.73 Å². The van der Waals surface area contributed by atoms with Crippen LogP contribution in [-0.4, -0.2) is 76.9 Å². The molecule has 3 unspecified atom stereocenters. The van der Waals surface area contributed by atoms with Crippen LogP contribution in [0.1, 0.15) is 0 Å². The van der Waals surface area contributed by atoms with E-state index in [1.165, 1.54) is 0 Å². The summed E-state index contributed by atoms with van der Waals surface area (Å²) in [6, 6.07) is 0. The van der Waals surface area contributed by atoms with E-state index >= 15 is 0 Å². The molecular weight excluding hydrogens is 254 g/mol. The van der Waals surface area contributed by atoms with Gasteiger partial charge in [-0.05, 0) is 0 Å². The highest BCUT2D eigenvalue weighted by Crippen LogP contribution is 2.16. The van der Waals surface area contributed by atoms with Crippen molar-refractivity contribution in [2.45, 2.75) is 24.0 Å². The molecule has 7 heteroatoms. The van der Waals surface area contributed by atoms with Gasteiger partial charge in [0.2, 0.25) is 0 Å². The van der Waals surface area contributed by atoms with Gasteiger partial charge in [-0.1, -0.05) is 0 Å². The molecule has 3 atom stereocenters. The van der Waals surface area contributed by atoms with Crippen LogP contribution in [0.15, 0.2) is 0 Å². The third kappa shape index (κ3) is 5.31. The van der Waals surface area contributed by atoms with E-state index in [9.17, 15) is 0 Å². The number of hydrogen-bond donors (Lipinski definition) is 1. The van der Waals surface area contributed by atoms with Crippen molar-refractivity contribution in [3.05, 3.63) is 0 Å². The number of epoxide rings is 3. The fourth-order valence-electron chi connectivity index (χ4n) is 1.60. The van der Waals surface area contributed by atoms with Crippen molar-refractivity contribution < 1.29 is 28.4 Å². The molecule has 0 amide bonds. The van der Waals surface area contributed by atoms with E-state index in [-0.39, 0.29) is 31.5 Å². The summed E-state index contributed by atoms with van der Waals surface area (Å²) in [4.78, 5) is 0. The van der Waals surface area contributed by atoms with Crippen molar-refractivity contribution >= 4 is 0 Å². The van der Waals surface area contributed by atoms with Gasteiger partial charge in [-0.2, -0.15) is 0 Å². The normalized spacial score (nSPS) is 34.9. The van der Waals surface area contributed by atoms with Crippen molar-refractivity contribution in [3.8, 4) is 0 Å². The Morgan fingerprint density at radius 2 is 1.26 bits per heavy atom. The lowest BCUT2D eigenvalue weighted by atomic mass is 10.2. The van der Waals surface area contributed by atoms with E-state index < -0.39 is 5.72 Å². The van der Waals surface area contributed by atoms with Gasteiger partial charge in [0.25, 0.3) is 0 Å². The molecule has 0 radical (unpaired) electrons. The van der Waals surface area contributed by atoms with Crippen molar-refractivity contribution in [1.29, 1.82) is 0 Å². The van der Waals surface area contributed by atoms with Crippen molar-refractivity contribution in [2.24, 2.45) is 5.73 Å². The zero-order valence-electron chi connectivity index (χ0n) is 10.9. The predicted molar refractivity (Wildman–Crippen MR) is 63.7 cm³/mol. The smallest absolute Gasteiger partial charge is 0.163 e. The van der Waals surface area contributed by atoms with Crippen LogP contribution in [0.2, 0.25) is 0 Å². The lowest BCUT2D eigenvalue weighted by molar-refractivity contribution is -0.137. The monoisotopic (exact) mass is 275 g/mol. The molecular formula is C12H21NO6. The van der Waals surface area contributed by atoms with Crippen LogP contribution in [0.5, 0.6) is 0 Å². The lowest BCUT2D eigenvalue weighted by Gasteiger charge is -2.29. The van der Waals surface area contributed by atoms with E-state index in [4.69, 9.17) is 34.2 Å². The molecule has 0 aliphatic carbocycles. The summed E-state index contributed by atoms with van der Waals surface area (Å²) in [5.74, 6) is 0. The molecule has 110 valence electrons. The zero-order chi connectivity index (χ0) is 13.1. The fourth-order valence-corrected chi connectivity index (χ4v) is 1.60. The first-order chi connectivity index (χ1) is 9.23. The Kier molecular flexibility index (Phi) is 4.33. The third-order valence-corrected chi connectivity index (χ3v) is 3.06. The number of nitrogens with two attached hydrogens (primary N) is 1. The second-order valence-electron chi connectivity index (χ2n) is 5.27. The van der Waals surface area contributed by atoms with Gasteiger partial charge in [-0.25, -0.2) is 0 Å². The number of ether oxygens (including phenoxy) is 6. The van der Waals surface area contributed by atoms with E-state index in [1.807, 2.05) is 0 Å². The van der Waals surface area contributed by atoms with Gasteiger partial charge in [0, 0.05) is 0 Å². The molecule has 0 aromatic rings. The van der Waals surface area contributed by atoms with Gasteiger partial charge in [0.15, 0.2) is 5.72 Å². The molecule has 3 saturated heterocycles. The molecule has 3 aliphatic heterocycles. The molecule has 7 nitrogen and oxygen atoms in total. The van der Waals surface area contributed by atoms with Gasteiger partial charge in [-0.15, -0.1) is 0 Å². The van der Waals surface area contributed by atoms with Crippen LogP contribution in [0.25, 0.3) is 0 Å². The fraction of sp³-hybridized carbons (Fsp3) is 1.00. The maximum Gasteiger partial charge on any atom is 0.163 e. The van der Waals surface area contributed by atoms with Gasteiger partial charge in [0.05, 0.1) is 52.9 Å². The van der Waals surface area contributed by atoms with Crippen LogP contribution in [0.3, 0.4) is 0 Å². The Balaban J connectivity index is 1.37. The van der Waals surface area contributed by atoms with Crippen molar-refractivity contribution in [3.63, 3.8) is 0 Å². The van der Waals surface area contributed by atoms with E-state index in [2.05, 4.69) is 0 Å². The predicted octanol–water partition coefficient (Wildman–Crippen LogP) is -1.11. The molecule has 3 fully saturated rings. The summed E-state index contributed by atoms with van der Waals surface area (Å²) in [5, 5.41) is 0. The molecule has 0 spiro atoms. The SMILES string of the molecule is NC(COCC1CO1)(COCC1CO1)OCC1CO1. The molecule has 3 rings (SSSR count). The second kappa shape index (κ2) is 6.01. The standard InChI is InChI=1S/C12H21NO6/c13-12(19-6-11-5-18-11,7-14-1-9-3-16-9)8-15-2-10-4-17-10/h9-11H,1-8,13H2. The minimum atomic E-state index is -0.935. The Hall–Kier alpha value is -0.280. The topological polar surface area (TPSA) is 91.3 Å². The Morgan fingerprint density at radius 3 is 1.68 bits per heavy atom. The summed E-state index contributed by atoms with van der Waals surface area (Å²) in [7, 11) is 0. The average molecular weight is 275 g/mol. The first-order valence-electron chi connectivity index (χ1n) is 6.67. The van der Waals surface area contributed by atoms with Crippen LogP contribution >= 0.6 is 0 Å². The van der Waals surface area contributed by atoms with E-state index in [1.54, 1.807) is 0 Å². The molecule has 0 aromatic heterocycles. The minimum absolute atomic E-state index is 0.168. The van der Waals surface area contributed by atoms with Crippen LogP contribution < -0.4 is 5.73 Å². The first kappa shape index (κ1) is 13.7. The van der Waals surface area contributed by atoms with E-state index in [0.717, 1.165) is 19.8 Å². The first-order valence-corrected chi connectivity index (χ1v) is 6.67. The van der Waals surface area contributed by atoms with Crippen LogP contribution in [-0.2, 0) is 28.4 Å². The Morgan fingerprint density at radius 1 is 0.842 bits per heavy atom. The zero-order valence-corrected chi connectivity index (χ0v) is 10.9. The van der Waals surface area contributed by atoms with Crippen molar-refractivity contribution in [1.82, 2.24) is 0 Å². The van der Waals surface area contributed by atoms with E-state index in [0.29, 0.717) is 19.8 Å². The Bertz CT molecular complexity index is 272.